The van der Waals surface area contributed by atoms with Crippen molar-refractivity contribution < 1.29 is 19.1 Å². The van der Waals surface area contributed by atoms with Crippen LogP contribution >= 0.6 is 0 Å². The maximum Gasteiger partial charge on any atom is 0.410 e. The van der Waals surface area contributed by atoms with Crippen molar-refractivity contribution in [3.8, 4) is 17.3 Å². The molecular formula is C26H32N6O4. The van der Waals surface area contributed by atoms with Gasteiger partial charge in [0, 0.05) is 25.7 Å². The number of hydrogen-bond acceptors (Lipinski definition) is 7. The summed E-state index contributed by atoms with van der Waals surface area (Å²) >= 11 is 0. The molecule has 0 radical (unpaired) electrons. The van der Waals surface area contributed by atoms with E-state index in [0.717, 1.165) is 24.1 Å². The van der Waals surface area contributed by atoms with Gasteiger partial charge in [-0.25, -0.2) is 9.78 Å². The molecule has 0 saturated carbocycles. The largest absolute Gasteiger partial charge is 0.497 e. The summed E-state index contributed by atoms with van der Waals surface area (Å²) in [5.74, 6) is 1.55. The zero-order valence-electron chi connectivity index (χ0n) is 21.6. The molecular weight excluding hydrogens is 460 g/mol. The Morgan fingerprint density at radius 3 is 2.69 bits per heavy atom. The van der Waals surface area contributed by atoms with Gasteiger partial charge in [-0.2, -0.15) is 0 Å². The minimum atomic E-state index is -0.605. The quantitative estimate of drug-likeness (QED) is 0.485. The Bertz CT molecular complexity index is 1280. The van der Waals surface area contributed by atoms with E-state index in [9.17, 15) is 9.59 Å². The van der Waals surface area contributed by atoms with Crippen LogP contribution in [0.4, 0.5) is 10.6 Å². The van der Waals surface area contributed by atoms with Crippen LogP contribution in [0.5, 0.6) is 5.75 Å². The molecule has 3 heterocycles. The van der Waals surface area contributed by atoms with E-state index in [-0.39, 0.29) is 12.5 Å². The molecule has 0 N–H and O–H groups in total. The van der Waals surface area contributed by atoms with E-state index >= 15 is 0 Å². The van der Waals surface area contributed by atoms with Gasteiger partial charge in [-0.1, -0.05) is 13.0 Å². The fourth-order valence-corrected chi connectivity index (χ4v) is 4.12. The molecule has 3 aromatic rings. The van der Waals surface area contributed by atoms with Crippen molar-refractivity contribution in [1.29, 1.82) is 0 Å². The summed E-state index contributed by atoms with van der Waals surface area (Å²) in [7, 11) is 3.23. The van der Waals surface area contributed by atoms with Gasteiger partial charge in [0.25, 0.3) is 5.91 Å². The van der Waals surface area contributed by atoms with Crippen LogP contribution in [0.1, 0.15) is 55.6 Å². The molecule has 0 atom stereocenters. The number of ether oxygens (including phenoxy) is 2. The fourth-order valence-electron chi connectivity index (χ4n) is 4.12. The molecule has 190 valence electrons. The van der Waals surface area contributed by atoms with E-state index in [1.807, 2.05) is 43.5 Å². The lowest BCUT2D eigenvalue weighted by atomic mass is 10.0. The molecule has 2 aromatic heterocycles. The normalized spacial score (nSPS) is 13.1. The summed E-state index contributed by atoms with van der Waals surface area (Å²) in [4.78, 5) is 33.9. The molecule has 1 aliphatic rings. The zero-order valence-corrected chi connectivity index (χ0v) is 21.6. The van der Waals surface area contributed by atoms with Gasteiger partial charge in [0.2, 0.25) is 0 Å². The third kappa shape index (κ3) is 5.17. The molecule has 0 bridgehead atoms. The highest BCUT2D eigenvalue weighted by Gasteiger charge is 2.33. The minimum absolute atomic E-state index is 0.176. The van der Waals surface area contributed by atoms with E-state index < -0.39 is 11.7 Å². The number of aromatic nitrogens is 4. The first kappa shape index (κ1) is 25.2. The number of benzene rings is 1. The van der Waals surface area contributed by atoms with Crippen molar-refractivity contribution in [1.82, 2.24) is 24.6 Å². The van der Waals surface area contributed by atoms with E-state index in [0.29, 0.717) is 35.2 Å². The Labute approximate surface area is 210 Å². The maximum atomic E-state index is 13.5. The molecule has 10 nitrogen and oxygen atoms in total. The number of anilines is 1. The van der Waals surface area contributed by atoms with Gasteiger partial charge in [-0.05, 0) is 62.6 Å². The molecule has 1 aromatic carbocycles. The van der Waals surface area contributed by atoms with Crippen molar-refractivity contribution >= 4 is 17.8 Å². The average molecular weight is 493 g/mol. The first-order valence-electron chi connectivity index (χ1n) is 11.9. The molecule has 2 amide bonds. The van der Waals surface area contributed by atoms with Gasteiger partial charge in [0.15, 0.2) is 5.82 Å². The molecule has 1 aliphatic heterocycles. The first-order chi connectivity index (χ1) is 17.1. The highest BCUT2D eigenvalue weighted by atomic mass is 16.6. The van der Waals surface area contributed by atoms with Gasteiger partial charge < -0.3 is 18.9 Å². The number of hydrogen-bond donors (Lipinski definition) is 0. The standard InChI is InChI=1S/C26H32N6O4/c1-7-11-31-16-27-29-23(31)21-9-8-10-22(28-21)32-15-20-17(12-18(35-6)13-19(20)24(32)33)14-30(5)25(34)36-26(2,3)4/h8-10,12-13,16H,7,11,14-15H2,1-6H3. The molecule has 0 unspecified atom stereocenters. The van der Waals surface area contributed by atoms with Crippen LogP contribution in [0.15, 0.2) is 36.7 Å². The minimum Gasteiger partial charge on any atom is -0.497 e. The predicted octanol–water partition coefficient (Wildman–Crippen LogP) is 4.29. The van der Waals surface area contributed by atoms with Crippen LogP contribution in [0.3, 0.4) is 0 Å². The molecule has 10 heteroatoms. The fraction of sp³-hybridized carbons (Fsp3) is 0.423. The Hall–Kier alpha value is -3.95. The van der Waals surface area contributed by atoms with Crippen LogP contribution in [0, 0.1) is 0 Å². The highest BCUT2D eigenvalue weighted by molar-refractivity contribution is 6.10. The van der Waals surface area contributed by atoms with Crippen LogP contribution in [0.25, 0.3) is 11.5 Å². The molecule has 0 spiro atoms. The number of amides is 2. The second-order valence-corrected chi connectivity index (χ2v) is 9.77. The van der Waals surface area contributed by atoms with Crippen LogP contribution < -0.4 is 9.64 Å². The Kier molecular flexibility index (Phi) is 6.96. The lowest BCUT2D eigenvalue weighted by molar-refractivity contribution is 0.0284. The molecule has 0 saturated heterocycles. The number of methoxy groups -OCH3 is 1. The van der Waals surface area contributed by atoms with E-state index in [4.69, 9.17) is 14.5 Å². The molecule has 0 aliphatic carbocycles. The number of carbonyl (C=O) groups excluding carboxylic acids is 2. The monoisotopic (exact) mass is 492 g/mol. The van der Waals surface area contributed by atoms with E-state index in [2.05, 4.69) is 17.1 Å². The SMILES string of the molecule is CCCn1cnnc1-c1cccc(N2Cc3c(CN(C)C(=O)OC(C)(C)C)cc(OC)cc3C2=O)n1. The summed E-state index contributed by atoms with van der Waals surface area (Å²) in [5, 5.41) is 8.25. The Morgan fingerprint density at radius 1 is 1.22 bits per heavy atom. The van der Waals surface area contributed by atoms with Crippen LogP contribution in [-0.4, -0.2) is 56.4 Å². The second-order valence-electron chi connectivity index (χ2n) is 9.77. The van der Waals surface area contributed by atoms with Gasteiger partial charge in [0.05, 0.1) is 13.7 Å². The van der Waals surface area contributed by atoms with Gasteiger partial charge in [0.1, 0.15) is 29.2 Å². The van der Waals surface area contributed by atoms with Crippen molar-refractivity contribution in [2.45, 2.75) is 59.4 Å². The maximum absolute atomic E-state index is 13.5. The number of nitrogens with zero attached hydrogens (tertiary/aromatic N) is 6. The average Bonchev–Trinajstić information content (AvgIpc) is 3.43. The summed E-state index contributed by atoms with van der Waals surface area (Å²) < 4.78 is 12.9. The smallest absolute Gasteiger partial charge is 0.410 e. The van der Waals surface area contributed by atoms with Crippen molar-refractivity contribution in [3.63, 3.8) is 0 Å². The zero-order chi connectivity index (χ0) is 26.0. The lowest BCUT2D eigenvalue weighted by Gasteiger charge is -2.25. The number of carbonyl (C=O) groups is 2. The number of pyridine rings is 1. The summed E-state index contributed by atoms with van der Waals surface area (Å²) in [6.45, 7) is 8.92. The molecule has 0 fully saturated rings. The second kappa shape index (κ2) is 9.96. The number of rotatable bonds is 7. The number of fused-ring (bicyclic) bond motifs is 1. The summed E-state index contributed by atoms with van der Waals surface area (Å²) in [5.41, 5.74) is 2.21. The Morgan fingerprint density at radius 2 is 2.00 bits per heavy atom. The summed E-state index contributed by atoms with van der Waals surface area (Å²) in [6.07, 6.45) is 2.18. The van der Waals surface area contributed by atoms with Crippen LogP contribution in [0.2, 0.25) is 0 Å². The van der Waals surface area contributed by atoms with Crippen molar-refractivity contribution in [2.75, 3.05) is 19.1 Å². The first-order valence-corrected chi connectivity index (χ1v) is 11.9. The van der Waals surface area contributed by atoms with Gasteiger partial charge in [-0.15, -0.1) is 10.2 Å². The summed E-state index contributed by atoms with van der Waals surface area (Å²) in [6, 6.07) is 9.11. The van der Waals surface area contributed by atoms with Crippen molar-refractivity contribution in [2.24, 2.45) is 0 Å². The topological polar surface area (TPSA) is 103 Å². The van der Waals surface area contributed by atoms with Crippen molar-refractivity contribution in [3.05, 3.63) is 53.3 Å². The highest BCUT2D eigenvalue weighted by Crippen LogP contribution is 2.34. The van der Waals surface area contributed by atoms with Crippen LogP contribution in [-0.2, 0) is 24.4 Å². The molecule has 4 rings (SSSR count). The van der Waals surface area contributed by atoms with E-state index in [1.165, 1.54) is 4.90 Å². The number of aryl methyl sites for hydroxylation is 1. The lowest BCUT2D eigenvalue weighted by Crippen LogP contribution is -2.34. The van der Waals surface area contributed by atoms with E-state index in [1.54, 1.807) is 37.5 Å². The van der Waals surface area contributed by atoms with Gasteiger partial charge in [-0.3, -0.25) is 9.69 Å². The third-order valence-corrected chi connectivity index (χ3v) is 5.78. The van der Waals surface area contributed by atoms with Gasteiger partial charge >= 0.3 is 6.09 Å². The Balaban J connectivity index is 1.64. The molecule has 36 heavy (non-hydrogen) atoms. The predicted molar refractivity (Wildman–Crippen MR) is 135 cm³/mol. The third-order valence-electron chi connectivity index (χ3n) is 5.78.